The van der Waals surface area contributed by atoms with Gasteiger partial charge in [0.1, 0.15) is 5.25 Å². The van der Waals surface area contributed by atoms with Crippen molar-refractivity contribution >= 4 is 27.1 Å². The van der Waals surface area contributed by atoms with E-state index in [0.717, 1.165) is 12.1 Å². The van der Waals surface area contributed by atoms with Crippen LogP contribution >= 0.6 is 0 Å². The maximum Gasteiger partial charge on any atom is 0.416 e. The maximum atomic E-state index is 12.5. The maximum absolute atomic E-state index is 12.5. The minimum Gasteiger partial charge on any atom is -0.397 e. The molecule has 21 heavy (non-hydrogen) atoms. The first-order chi connectivity index (χ1) is 9.49. The number of anilines is 2. The Morgan fingerprint density at radius 2 is 1.95 bits per heavy atom. The Bertz CT molecular complexity index is 642. The Morgan fingerprint density at radius 3 is 2.38 bits per heavy atom. The van der Waals surface area contributed by atoms with Crippen molar-refractivity contribution in [1.29, 1.82) is 0 Å². The number of benzene rings is 1. The molecule has 0 saturated carbocycles. The summed E-state index contributed by atoms with van der Waals surface area (Å²) in [7, 11) is -3.59. The number of nitrogens with one attached hydrogen (secondary N) is 1. The van der Waals surface area contributed by atoms with E-state index in [2.05, 4.69) is 5.32 Å². The molecule has 1 amide bonds. The Kier molecular flexibility index (Phi) is 4.87. The van der Waals surface area contributed by atoms with Crippen LogP contribution in [0.4, 0.5) is 24.5 Å². The van der Waals surface area contributed by atoms with E-state index in [1.165, 1.54) is 13.8 Å². The number of rotatable bonds is 4. The molecule has 0 bridgehead atoms. The zero-order chi connectivity index (χ0) is 16.4. The molecule has 3 N–H and O–H groups in total. The highest BCUT2D eigenvalue weighted by Crippen LogP contribution is 2.32. The smallest absolute Gasteiger partial charge is 0.397 e. The minimum atomic E-state index is -4.55. The molecule has 0 heterocycles. The predicted molar refractivity (Wildman–Crippen MR) is 73.4 cm³/mol. The summed E-state index contributed by atoms with van der Waals surface area (Å²) in [5.41, 5.74) is 4.14. The Hall–Kier alpha value is -1.77. The van der Waals surface area contributed by atoms with Gasteiger partial charge in [0.25, 0.3) is 0 Å². The van der Waals surface area contributed by atoms with Gasteiger partial charge < -0.3 is 11.1 Å². The highest BCUT2D eigenvalue weighted by molar-refractivity contribution is 7.92. The van der Waals surface area contributed by atoms with Gasteiger partial charge in [-0.25, -0.2) is 8.42 Å². The topological polar surface area (TPSA) is 89.3 Å². The molecule has 1 unspecified atom stereocenters. The van der Waals surface area contributed by atoms with Gasteiger partial charge in [0, 0.05) is 5.75 Å². The van der Waals surface area contributed by atoms with Gasteiger partial charge in [-0.3, -0.25) is 4.79 Å². The van der Waals surface area contributed by atoms with Crippen LogP contribution in [0, 0.1) is 0 Å². The van der Waals surface area contributed by atoms with Crippen molar-refractivity contribution in [1.82, 2.24) is 0 Å². The first-order valence-corrected chi connectivity index (χ1v) is 7.69. The molecule has 1 rings (SSSR count). The van der Waals surface area contributed by atoms with Gasteiger partial charge in [0.15, 0.2) is 9.84 Å². The fourth-order valence-electron chi connectivity index (χ4n) is 1.50. The molecule has 0 aliphatic carbocycles. The Morgan fingerprint density at radius 1 is 1.38 bits per heavy atom. The first-order valence-electron chi connectivity index (χ1n) is 5.98. The van der Waals surface area contributed by atoms with E-state index in [1.54, 1.807) is 0 Å². The van der Waals surface area contributed by atoms with Crippen LogP contribution in [-0.4, -0.2) is 25.3 Å². The third kappa shape index (κ3) is 4.10. The summed E-state index contributed by atoms with van der Waals surface area (Å²) >= 11 is 0. The summed E-state index contributed by atoms with van der Waals surface area (Å²) in [5, 5.41) is 0.903. The first kappa shape index (κ1) is 17.3. The number of nitrogen functional groups attached to an aromatic ring is 1. The summed E-state index contributed by atoms with van der Waals surface area (Å²) in [6.07, 6.45) is -4.55. The van der Waals surface area contributed by atoms with Gasteiger partial charge in [-0.2, -0.15) is 13.2 Å². The van der Waals surface area contributed by atoms with Crippen molar-refractivity contribution in [2.75, 3.05) is 16.8 Å². The van der Waals surface area contributed by atoms with E-state index in [4.69, 9.17) is 5.73 Å². The zero-order valence-corrected chi connectivity index (χ0v) is 12.2. The van der Waals surface area contributed by atoms with Gasteiger partial charge in [0.2, 0.25) is 5.91 Å². The van der Waals surface area contributed by atoms with Crippen molar-refractivity contribution in [3.05, 3.63) is 23.8 Å². The van der Waals surface area contributed by atoms with Gasteiger partial charge in [0.05, 0.1) is 16.9 Å². The molecule has 9 heteroatoms. The summed E-state index contributed by atoms with van der Waals surface area (Å²) in [6, 6.07) is 2.42. The Labute approximate surface area is 120 Å². The molecule has 0 radical (unpaired) electrons. The van der Waals surface area contributed by atoms with Gasteiger partial charge >= 0.3 is 6.18 Å². The van der Waals surface area contributed by atoms with Crippen LogP contribution in [0.1, 0.15) is 19.4 Å². The molecule has 0 aliphatic rings. The molecule has 0 aromatic heterocycles. The highest BCUT2D eigenvalue weighted by Gasteiger charge is 2.31. The standard InChI is InChI=1S/C12H15F3N2O3S/c1-3-21(19,20)7(2)11(18)17-10-5-4-8(6-9(10)16)12(13,14)15/h4-7H,3,16H2,1-2H3,(H,17,18). The van der Waals surface area contributed by atoms with Crippen LogP contribution in [-0.2, 0) is 20.8 Å². The van der Waals surface area contributed by atoms with Crippen molar-refractivity contribution in [3.8, 4) is 0 Å². The lowest BCUT2D eigenvalue weighted by Crippen LogP contribution is -2.33. The second-order valence-electron chi connectivity index (χ2n) is 4.38. The molecular weight excluding hydrogens is 309 g/mol. The molecule has 1 aromatic carbocycles. The Balaban J connectivity index is 2.97. The summed E-state index contributed by atoms with van der Waals surface area (Å²) < 4.78 is 60.5. The van der Waals surface area contributed by atoms with Crippen LogP contribution in [0.2, 0.25) is 0 Å². The summed E-state index contributed by atoms with van der Waals surface area (Å²) in [5.74, 6) is -1.06. The number of hydrogen-bond donors (Lipinski definition) is 2. The average Bonchev–Trinajstić information content (AvgIpc) is 2.38. The van der Waals surface area contributed by atoms with Crippen LogP contribution in [0.15, 0.2) is 18.2 Å². The molecular formula is C12H15F3N2O3S. The van der Waals surface area contributed by atoms with E-state index in [1.807, 2.05) is 0 Å². The fourth-order valence-corrected chi connectivity index (χ4v) is 2.39. The second-order valence-corrected chi connectivity index (χ2v) is 6.99. The van der Waals surface area contributed by atoms with E-state index in [-0.39, 0.29) is 17.1 Å². The van der Waals surface area contributed by atoms with Crippen LogP contribution in [0.5, 0.6) is 0 Å². The SMILES string of the molecule is CCS(=O)(=O)C(C)C(=O)Nc1ccc(C(F)(F)F)cc1N. The average molecular weight is 324 g/mol. The molecule has 0 fully saturated rings. The van der Waals surface area contributed by atoms with Gasteiger partial charge in [-0.15, -0.1) is 0 Å². The largest absolute Gasteiger partial charge is 0.416 e. The normalized spacial score (nSPS) is 13.8. The third-order valence-electron chi connectivity index (χ3n) is 2.95. The number of nitrogens with two attached hydrogens (primary N) is 1. The lowest BCUT2D eigenvalue weighted by Gasteiger charge is -2.14. The number of sulfone groups is 1. The van der Waals surface area contributed by atoms with Crippen LogP contribution in [0.25, 0.3) is 0 Å². The number of amides is 1. The lowest BCUT2D eigenvalue weighted by atomic mass is 10.1. The summed E-state index contributed by atoms with van der Waals surface area (Å²) in [4.78, 5) is 11.8. The molecule has 5 nitrogen and oxygen atoms in total. The zero-order valence-electron chi connectivity index (χ0n) is 11.4. The quantitative estimate of drug-likeness (QED) is 0.830. The van der Waals surface area contributed by atoms with E-state index < -0.39 is 32.7 Å². The molecule has 118 valence electrons. The monoisotopic (exact) mass is 324 g/mol. The molecule has 1 atom stereocenters. The van der Waals surface area contributed by atoms with Crippen LogP contribution in [0.3, 0.4) is 0 Å². The van der Waals surface area contributed by atoms with Gasteiger partial charge in [-0.05, 0) is 25.1 Å². The minimum absolute atomic E-state index is 0.0637. The molecule has 0 saturated heterocycles. The van der Waals surface area contributed by atoms with Crippen LogP contribution < -0.4 is 11.1 Å². The van der Waals surface area contributed by atoms with E-state index in [0.29, 0.717) is 6.07 Å². The van der Waals surface area contributed by atoms with Crippen molar-refractivity contribution in [3.63, 3.8) is 0 Å². The number of carbonyl (C=O) groups excluding carboxylic acids is 1. The van der Waals surface area contributed by atoms with Crippen molar-refractivity contribution < 1.29 is 26.4 Å². The fraction of sp³-hybridized carbons (Fsp3) is 0.417. The highest BCUT2D eigenvalue weighted by atomic mass is 32.2. The second kappa shape index (κ2) is 5.92. The third-order valence-corrected chi connectivity index (χ3v) is 5.04. The number of carbonyl (C=O) groups is 1. The predicted octanol–water partition coefficient (Wildman–Crippen LogP) is 2.05. The number of hydrogen-bond acceptors (Lipinski definition) is 4. The summed E-state index contributed by atoms with van der Waals surface area (Å²) in [6.45, 7) is 2.60. The molecule has 0 aliphatic heterocycles. The molecule has 0 spiro atoms. The number of alkyl halides is 3. The van der Waals surface area contributed by atoms with E-state index in [9.17, 15) is 26.4 Å². The lowest BCUT2D eigenvalue weighted by molar-refractivity contribution is -0.137. The van der Waals surface area contributed by atoms with E-state index >= 15 is 0 Å². The van der Waals surface area contributed by atoms with Crippen molar-refractivity contribution in [2.24, 2.45) is 0 Å². The van der Waals surface area contributed by atoms with Gasteiger partial charge in [-0.1, -0.05) is 6.92 Å². The molecule has 1 aromatic rings. The van der Waals surface area contributed by atoms with Crippen molar-refractivity contribution in [2.45, 2.75) is 25.3 Å². The number of halogens is 3.